The number of carbonyl (C=O) groups is 3. The number of fused-ring (bicyclic) bond motifs is 1. The molecule has 2 heterocycles. The molecule has 1 aliphatic heterocycles. The number of rotatable bonds is 9. The number of benzene rings is 2. The highest BCUT2D eigenvalue weighted by atomic mass is 16.2. The smallest absolute Gasteiger partial charge is 0.324 e. The molecule has 1 fully saturated rings. The molecule has 1 atom stereocenters. The van der Waals surface area contributed by atoms with E-state index in [0.29, 0.717) is 32.5 Å². The lowest BCUT2D eigenvalue weighted by atomic mass is 10.1. The quantitative estimate of drug-likeness (QED) is 0.524. The summed E-state index contributed by atoms with van der Waals surface area (Å²) in [7, 11) is 0. The standard InChI is InChI=1S/C24H26N4O3/c29-22(25-14-17-27-15-13-19-8-4-5-9-21(19)27)11-10-20-23(30)28(24(31)26-20)16-12-18-6-2-1-3-7-18/h1-9,13,15,20H,10-12,14,16-17H2,(H,25,29)(H,26,31). The summed E-state index contributed by atoms with van der Waals surface area (Å²) in [6, 6.07) is 18.9. The monoisotopic (exact) mass is 418 g/mol. The summed E-state index contributed by atoms with van der Waals surface area (Å²) < 4.78 is 2.10. The van der Waals surface area contributed by atoms with Gasteiger partial charge in [0.25, 0.3) is 5.91 Å². The van der Waals surface area contributed by atoms with Gasteiger partial charge in [-0.2, -0.15) is 0 Å². The number of hydrogen-bond acceptors (Lipinski definition) is 3. The van der Waals surface area contributed by atoms with Crippen molar-refractivity contribution in [1.82, 2.24) is 20.1 Å². The molecule has 1 aliphatic rings. The molecule has 2 N–H and O–H groups in total. The first-order valence-corrected chi connectivity index (χ1v) is 10.6. The second-order valence-electron chi connectivity index (χ2n) is 7.68. The van der Waals surface area contributed by atoms with Gasteiger partial charge in [0.2, 0.25) is 5.91 Å². The van der Waals surface area contributed by atoms with Crippen LogP contribution in [0.5, 0.6) is 0 Å². The Kier molecular flexibility index (Phi) is 6.31. The van der Waals surface area contributed by atoms with E-state index >= 15 is 0 Å². The van der Waals surface area contributed by atoms with E-state index in [1.54, 1.807) is 0 Å². The first kappa shape index (κ1) is 20.7. The average Bonchev–Trinajstić information content (AvgIpc) is 3.32. The average molecular weight is 418 g/mol. The number of para-hydroxylation sites is 1. The summed E-state index contributed by atoms with van der Waals surface area (Å²) in [4.78, 5) is 38.2. The number of hydrogen-bond donors (Lipinski definition) is 2. The Hall–Kier alpha value is -3.61. The van der Waals surface area contributed by atoms with Crippen LogP contribution in [-0.4, -0.2) is 46.4 Å². The predicted octanol–water partition coefficient (Wildman–Crippen LogP) is 2.70. The molecule has 0 bridgehead atoms. The molecule has 4 rings (SSSR count). The van der Waals surface area contributed by atoms with Gasteiger partial charge >= 0.3 is 6.03 Å². The minimum atomic E-state index is -0.637. The maximum absolute atomic E-state index is 12.6. The van der Waals surface area contributed by atoms with E-state index in [0.717, 1.165) is 11.1 Å². The van der Waals surface area contributed by atoms with Gasteiger partial charge in [0.1, 0.15) is 6.04 Å². The number of amides is 4. The third-order valence-corrected chi connectivity index (χ3v) is 5.59. The van der Waals surface area contributed by atoms with Gasteiger partial charge in [-0.25, -0.2) is 4.79 Å². The largest absolute Gasteiger partial charge is 0.354 e. The lowest BCUT2D eigenvalue weighted by Gasteiger charge is -2.13. The van der Waals surface area contributed by atoms with Gasteiger partial charge in [-0.05, 0) is 35.9 Å². The molecule has 0 aliphatic carbocycles. The number of carbonyl (C=O) groups excluding carboxylic acids is 3. The Balaban J connectivity index is 1.20. The van der Waals surface area contributed by atoms with Gasteiger partial charge in [-0.1, -0.05) is 48.5 Å². The first-order valence-electron chi connectivity index (χ1n) is 10.6. The highest BCUT2D eigenvalue weighted by molar-refractivity contribution is 6.04. The van der Waals surface area contributed by atoms with Gasteiger partial charge < -0.3 is 15.2 Å². The zero-order valence-electron chi connectivity index (χ0n) is 17.3. The van der Waals surface area contributed by atoms with Crippen LogP contribution in [0.4, 0.5) is 4.79 Å². The van der Waals surface area contributed by atoms with Gasteiger partial charge in [-0.15, -0.1) is 0 Å². The Morgan fingerprint density at radius 2 is 1.74 bits per heavy atom. The van der Waals surface area contributed by atoms with E-state index in [9.17, 15) is 14.4 Å². The second kappa shape index (κ2) is 9.47. The van der Waals surface area contributed by atoms with Crippen molar-refractivity contribution in [3.05, 3.63) is 72.4 Å². The number of urea groups is 1. The molecule has 3 aromatic rings. The molecule has 0 radical (unpaired) electrons. The SMILES string of the molecule is O=C(CCC1NC(=O)N(CCc2ccccc2)C1=O)NCCn1ccc2ccccc21. The fraction of sp³-hybridized carbons (Fsp3) is 0.292. The minimum Gasteiger partial charge on any atom is -0.354 e. The van der Waals surface area contributed by atoms with Crippen LogP contribution in [0.2, 0.25) is 0 Å². The Morgan fingerprint density at radius 3 is 2.58 bits per heavy atom. The van der Waals surface area contributed by atoms with Gasteiger partial charge in [0, 0.05) is 37.8 Å². The molecule has 160 valence electrons. The topological polar surface area (TPSA) is 83.4 Å². The van der Waals surface area contributed by atoms with Crippen molar-refractivity contribution in [3.63, 3.8) is 0 Å². The van der Waals surface area contributed by atoms with Crippen LogP contribution < -0.4 is 10.6 Å². The molecule has 2 aromatic carbocycles. The van der Waals surface area contributed by atoms with Crippen molar-refractivity contribution < 1.29 is 14.4 Å². The minimum absolute atomic E-state index is 0.124. The summed E-state index contributed by atoms with van der Waals surface area (Å²) in [5.74, 6) is -0.381. The maximum atomic E-state index is 12.6. The highest BCUT2D eigenvalue weighted by Gasteiger charge is 2.37. The van der Waals surface area contributed by atoms with Crippen LogP contribution in [-0.2, 0) is 22.6 Å². The third-order valence-electron chi connectivity index (χ3n) is 5.59. The number of nitrogens with one attached hydrogen (secondary N) is 2. The van der Waals surface area contributed by atoms with Crippen LogP contribution in [0.3, 0.4) is 0 Å². The van der Waals surface area contributed by atoms with Crippen molar-refractivity contribution in [2.45, 2.75) is 31.8 Å². The van der Waals surface area contributed by atoms with E-state index < -0.39 is 6.04 Å². The molecule has 0 spiro atoms. The van der Waals surface area contributed by atoms with E-state index in [1.165, 1.54) is 10.3 Å². The van der Waals surface area contributed by atoms with Crippen LogP contribution in [0.1, 0.15) is 18.4 Å². The predicted molar refractivity (Wildman–Crippen MR) is 118 cm³/mol. The molecule has 7 heteroatoms. The van der Waals surface area contributed by atoms with Crippen LogP contribution in [0, 0.1) is 0 Å². The van der Waals surface area contributed by atoms with Gasteiger partial charge in [0.05, 0.1) is 0 Å². The molecule has 1 aromatic heterocycles. The van der Waals surface area contributed by atoms with Gasteiger partial charge in [-0.3, -0.25) is 14.5 Å². The lowest BCUT2D eigenvalue weighted by molar-refractivity contribution is -0.127. The first-order chi connectivity index (χ1) is 15.1. The summed E-state index contributed by atoms with van der Waals surface area (Å²) in [5.41, 5.74) is 2.20. The normalized spacial score (nSPS) is 16.0. The summed E-state index contributed by atoms with van der Waals surface area (Å²) >= 11 is 0. The van der Waals surface area contributed by atoms with E-state index in [1.807, 2.05) is 48.7 Å². The molecule has 1 saturated heterocycles. The summed E-state index contributed by atoms with van der Waals surface area (Å²) in [6.45, 7) is 1.51. The molecular weight excluding hydrogens is 392 g/mol. The summed E-state index contributed by atoms with van der Waals surface area (Å²) in [6.07, 6.45) is 3.11. The number of aromatic nitrogens is 1. The van der Waals surface area contributed by atoms with Crippen LogP contribution >= 0.6 is 0 Å². The van der Waals surface area contributed by atoms with E-state index in [-0.39, 0.29) is 24.3 Å². The fourth-order valence-corrected chi connectivity index (χ4v) is 3.89. The fourth-order valence-electron chi connectivity index (χ4n) is 3.89. The number of nitrogens with zero attached hydrogens (tertiary/aromatic N) is 2. The van der Waals surface area contributed by atoms with E-state index in [2.05, 4.69) is 33.4 Å². The second-order valence-corrected chi connectivity index (χ2v) is 7.68. The Labute approximate surface area is 181 Å². The molecule has 0 saturated carbocycles. The molecule has 4 amide bonds. The number of imide groups is 1. The van der Waals surface area contributed by atoms with E-state index in [4.69, 9.17) is 0 Å². The molecule has 1 unspecified atom stereocenters. The Bertz CT molecular complexity index is 1080. The maximum Gasteiger partial charge on any atom is 0.324 e. The van der Waals surface area contributed by atoms with Crippen molar-refractivity contribution in [3.8, 4) is 0 Å². The van der Waals surface area contributed by atoms with Crippen molar-refractivity contribution in [2.24, 2.45) is 0 Å². The zero-order chi connectivity index (χ0) is 21.6. The molecule has 7 nitrogen and oxygen atoms in total. The van der Waals surface area contributed by atoms with Gasteiger partial charge in [0.15, 0.2) is 0 Å². The van der Waals surface area contributed by atoms with Crippen LogP contribution in [0.25, 0.3) is 10.9 Å². The Morgan fingerprint density at radius 1 is 0.968 bits per heavy atom. The van der Waals surface area contributed by atoms with Crippen molar-refractivity contribution in [2.75, 3.05) is 13.1 Å². The van der Waals surface area contributed by atoms with Crippen molar-refractivity contribution >= 4 is 28.7 Å². The lowest BCUT2D eigenvalue weighted by Crippen LogP contribution is -2.34. The zero-order valence-corrected chi connectivity index (χ0v) is 17.3. The van der Waals surface area contributed by atoms with Crippen molar-refractivity contribution in [1.29, 1.82) is 0 Å². The molecular formula is C24H26N4O3. The highest BCUT2D eigenvalue weighted by Crippen LogP contribution is 2.15. The van der Waals surface area contributed by atoms with Crippen LogP contribution in [0.15, 0.2) is 66.9 Å². The third kappa shape index (κ3) is 4.94. The molecule has 31 heavy (non-hydrogen) atoms. The summed E-state index contributed by atoms with van der Waals surface area (Å²) in [5, 5.41) is 6.76.